The van der Waals surface area contributed by atoms with Crippen molar-refractivity contribution < 1.29 is 0 Å². The minimum Gasteiger partial charge on any atom is -0.356 e. The first-order chi connectivity index (χ1) is 12.8. The Labute approximate surface area is 157 Å². The number of nitrogens with zero attached hydrogens (tertiary/aromatic N) is 5. The molecule has 7 heteroatoms. The molecule has 136 valence electrons. The van der Waals surface area contributed by atoms with Crippen LogP contribution in [0.25, 0.3) is 11.0 Å². The molecule has 1 N–H and O–H groups in total. The SMILES string of the molecule is CN(c1ncnc2[nH]ccc12)C1CC(CSN2CCn3cccc3C2)C1. The largest absolute Gasteiger partial charge is 0.356 e. The number of anilines is 1. The second kappa shape index (κ2) is 6.63. The van der Waals surface area contributed by atoms with Crippen molar-refractivity contribution in [2.45, 2.75) is 32.0 Å². The molecule has 6 nitrogen and oxygen atoms in total. The predicted octanol–water partition coefficient (Wildman–Crippen LogP) is 3.14. The zero-order valence-corrected chi connectivity index (χ0v) is 15.8. The molecule has 26 heavy (non-hydrogen) atoms. The lowest BCUT2D eigenvalue weighted by atomic mass is 9.81. The number of hydrogen-bond acceptors (Lipinski definition) is 5. The van der Waals surface area contributed by atoms with Crippen molar-refractivity contribution in [3.05, 3.63) is 42.6 Å². The van der Waals surface area contributed by atoms with Crippen LogP contribution in [0.15, 0.2) is 36.9 Å². The minimum atomic E-state index is 0.590. The predicted molar refractivity (Wildman–Crippen MR) is 106 cm³/mol. The van der Waals surface area contributed by atoms with Gasteiger partial charge in [-0.25, -0.2) is 14.3 Å². The van der Waals surface area contributed by atoms with Crippen LogP contribution in [0.5, 0.6) is 0 Å². The summed E-state index contributed by atoms with van der Waals surface area (Å²) in [6, 6.07) is 7.06. The van der Waals surface area contributed by atoms with Gasteiger partial charge in [0.25, 0.3) is 0 Å². The topological polar surface area (TPSA) is 53.0 Å². The van der Waals surface area contributed by atoms with E-state index in [2.05, 4.69) is 60.2 Å². The van der Waals surface area contributed by atoms with E-state index in [0.29, 0.717) is 6.04 Å². The fraction of sp³-hybridized carbons (Fsp3) is 0.474. The van der Waals surface area contributed by atoms with Crippen LogP contribution in [0.1, 0.15) is 18.5 Å². The molecule has 0 bridgehead atoms. The third-order valence-corrected chi connectivity index (χ3v) is 7.07. The zero-order chi connectivity index (χ0) is 17.5. The highest BCUT2D eigenvalue weighted by atomic mass is 32.2. The highest BCUT2D eigenvalue weighted by Crippen LogP contribution is 2.37. The zero-order valence-electron chi connectivity index (χ0n) is 15.0. The number of aromatic nitrogens is 4. The number of hydrogen-bond donors (Lipinski definition) is 1. The summed E-state index contributed by atoms with van der Waals surface area (Å²) < 4.78 is 4.90. The summed E-state index contributed by atoms with van der Waals surface area (Å²) in [5, 5.41) is 1.11. The molecule has 3 aromatic rings. The van der Waals surface area contributed by atoms with Gasteiger partial charge in [-0.1, -0.05) is 11.9 Å². The first-order valence-electron chi connectivity index (χ1n) is 9.31. The third kappa shape index (κ3) is 2.89. The van der Waals surface area contributed by atoms with E-state index in [0.717, 1.165) is 42.4 Å². The molecular formula is C19H24N6S. The second-order valence-corrected chi connectivity index (χ2v) is 8.50. The fourth-order valence-electron chi connectivity index (χ4n) is 4.08. The lowest BCUT2D eigenvalue weighted by Crippen LogP contribution is -2.44. The Morgan fingerprint density at radius 1 is 1.27 bits per heavy atom. The Morgan fingerprint density at radius 3 is 3.12 bits per heavy atom. The van der Waals surface area contributed by atoms with E-state index in [1.807, 2.05) is 18.1 Å². The Balaban J connectivity index is 1.14. The Bertz CT molecular complexity index is 896. The Morgan fingerprint density at radius 2 is 2.19 bits per heavy atom. The summed E-state index contributed by atoms with van der Waals surface area (Å²) in [7, 11) is 2.17. The molecule has 1 saturated carbocycles. The molecule has 4 heterocycles. The van der Waals surface area contributed by atoms with E-state index in [4.69, 9.17) is 0 Å². The molecular weight excluding hydrogens is 344 g/mol. The third-order valence-electron chi connectivity index (χ3n) is 5.77. The van der Waals surface area contributed by atoms with Crippen molar-refractivity contribution in [2.24, 2.45) is 5.92 Å². The average molecular weight is 369 g/mol. The van der Waals surface area contributed by atoms with Crippen LogP contribution >= 0.6 is 11.9 Å². The molecule has 0 atom stereocenters. The van der Waals surface area contributed by atoms with Crippen molar-refractivity contribution in [3.63, 3.8) is 0 Å². The van der Waals surface area contributed by atoms with Gasteiger partial charge in [0.15, 0.2) is 0 Å². The quantitative estimate of drug-likeness (QED) is 0.701. The maximum absolute atomic E-state index is 4.52. The van der Waals surface area contributed by atoms with Gasteiger partial charge in [-0.2, -0.15) is 0 Å². The van der Waals surface area contributed by atoms with Gasteiger partial charge >= 0.3 is 0 Å². The molecule has 0 aromatic carbocycles. The molecule has 2 aliphatic rings. The standard InChI is InChI=1S/C19H24N6S/c1-23(19-17-4-5-20-18(17)21-13-22-19)16-9-14(10-16)12-26-25-8-7-24-6-2-3-15(24)11-25/h2-6,13-14,16H,7-12H2,1H3,(H,20,21,22). The van der Waals surface area contributed by atoms with Crippen LogP contribution in [0.4, 0.5) is 5.82 Å². The van der Waals surface area contributed by atoms with Crippen LogP contribution in [0, 0.1) is 5.92 Å². The molecule has 1 aliphatic heterocycles. The van der Waals surface area contributed by atoms with E-state index in [9.17, 15) is 0 Å². The van der Waals surface area contributed by atoms with Gasteiger partial charge in [0.1, 0.15) is 17.8 Å². The summed E-state index contributed by atoms with van der Waals surface area (Å²) in [6.07, 6.45) is 8.29. The van der Waals surface area contributed by atoms with Gasteiger partial charge in [0.05, 0.1) is 5.39 Å². The van der Waals surface area contributed by atoms with Crippen molar-refractivity contribution >= 4 is 28.8 Å². The van der Waals surface area contributed by atoms with Gasteiger partial charge in [-0.3, -0.25) is 0 Å². The van der Waals surface area contributed by atoms with Gasteiger partial charge in [-0.05, 0) is 37.0 Å². The lowest BCUT2D eigenvalue weighted by molar-refractivity contribution is 0.282. The highest BCUT2D eigenvalue weighted by molar-refractivity contribution is 7.97. The van der Waals surface area contributed by atoms with E-state index < -0.39 is 0 Å². The van der Waals surface area contributed by atoms with E-state index in [1.165, 1.54) is 24.3 Å². The van der Waals surface area contributed by atoms with Crippen molar-refractivity contribution in [1.82, 2.24) is 23.8 Å². The van der Waals surface area contributed by atoms with Crippen LogP contribution in [-0.2, 0) is 13.1 Å². The molecule has 1 aliphatic carbocycles. The summed E-state index contributed by atoms with van der Waals surface area (Å²) in [6.45, 7) is 3.33. The monoisotopic (exact) mass is 368 g/mol. The molecule has 0 spiro atoms. The van der Waals surface area contributed by atoms with Crippen LogP contribution < -0.4 is 4.90 Å². The summed E-state index contributed by atoms with van der Waals surface area (Å²) in [4.78, 5) is 14.3. The van der Waals surface area contributed by atoms with E-state index in [-0.39, 0.29) is 0 Å². The molecule has 0 unspecified atom stereocenters. The van der Waals surface area contributed by atoms with Gasteiger partial charge in [0, 0.05) is 56.6 Å². The summed E-state index contributed by atoms with van der Waals surface area (Å²) in [5.41, 5.74) is 2.36. The molecule has 0 amide bonds. The first-order valence-corrected chi connectivity index (χ1v) is 10.2. The number of H-pyrrole nitrogens is 1. The fourth-order valence-corrected chi connectivity index (χ4v) is 5.20. The van der Waals surface area contributed by atoms with Crippen LogP contribution in [0.3, 0.4) is 0 Å². The van der Waals surface area contributed by atoms with E-state index in [1.54, 1.807) is 6.33 Å². The number of rotatable bonds is 5. The smallest absolute Gasteiger partial charge is 0.142 e. The summed E-state index contributed by atoms with van der Waals surface area (Å²) in [5.74, 6) is 3.09. The summed E-state index contributed by atoms with van der Waals surface area (Å²) >= 11 is 2.03. The first kappa shape index (κ1) is 16.2. The maximum atomic E-state index is 4.52. The normalized spacial score (nSPS) is 23.0. The molecule has 5 rings (SSSR count). The van der Waals surface area contributed by atoms with Gasteiger partial charge in [-0.15, -0.1) is 0 Å². The second-order valence-electron chi connectivity index (χ2n) is 7.39. The minimum absolute atomic E-state index is 0.590. The van der Waals surface area contributed by atoms with Gasteiger partial charge < -0.3 is 14.5 Å². The lowest BCUT2D eigenvalue weighted by Gasteiger charge is -2.42. The molecule has 0 radical (unpaired) electrons. The number of fused-ring (bicyclic) bond motifs is 2. The van der Waals surface area contributed by atoms with Crippen LogP contribution in [0.2, 0.25) is 0 Å². The number of nitrogens with one attached hydrogen (secondary N) is 1. The Hall–Kier alpha value is -1.99. The average Bonchev–Trinajstić information content (AvgIpc) is 3.28. The molecule has 3 aromatic heterocycles. The Kier molecular flexibility index (Phi) is 4.13. The van der Waals surface area contributed by atoms with Crippen LogP contribution in [-0.4, -0.2) is 49.2 Å². The number of aromatic amines is 1. The van der Waals surface area contributed by atoms with Crippen molar-refractivity contribution in [1.29, 1.82) is 0 Å². The highest BCUT2D eigenvalue weighted by Gasteiger charge is 2.33. The molecule has 0 saturated heterocycles. The van der Waals surface area contributed by atoms with Crippen molar-refractivity contribution in [3.8, 4) is 0 Å². The van der Waals surface area contributed by atoms with Gasteiger partial charge in [0.2, 0.25) is 0 Å². The van der Waals surface area contributed by atoms with Crippen molar-refractivity contribution in [2.75, 3.05) is 24.2 Å². The molecule has 1 fully saturated rings. The van der Waals surface area contributed by atoms with E-state index >= 15 is 0 Å². The maximum Gasteiger partial charge on any atom is 0.142 e.